The zero-order valence-electron chi connectivity index (χ0n) is 5.88. The first-order valence-electron chi connectivity index (χ1n) is 3.02. The van der Waals surface area contributed by atoms with Crippen LogP contribution in [0.2, 0.25) is 0 Å². The zero-order valence-corrected chi connectivity index (χ0v) is 9.25. The molecule has 0 spiro atoms. The first-order valence-corrected chi connectivity index (χ1v) is 7.12. The van der Waals surface area contributed by atoms with E-state index in [-0.39, 0.29) is 0 Å². The van der Waals surface area contributed by atoms with Crippen molar-refractivity contribution in [3.05, 3.63) is 30.3 Å². The van der Waals surface area contributed by atoms with Gasteiger partial charge < -0.3 is 4.52 Å². The average molecular weight is 241 g/mol. The molecule has 0 fully saturated rings. The maximum Gasteiger partial charge on any atom is 0.311 e. The third-order valence-corrected chi connectivity index (χ3v) is 3.72. The highest BCUT2D eigenvalue weighted by Gasteiger charge is 2.13. The molecule has 0 saturated heterocycles. The van der Waals surface area contributed by atoms with Gasteiger partial charge in [0.05, 0.1) is 11.9 Å². The van der Waals surface area contributed by atoms with Crippen LogP contribution in [0.25, 0.3) is 0 Å². The molecule has 0 radical (unpaired) electrons. The van der Waals surface area contributed by atoms with Gasteiger partial charge in [-0.15, -0.1) is 0 Å². The minimum Gasteiger partial charge on any atom is -0.436 e. The van der Waals surface area contributed by atoms with Crippen molar-refractivity contribution in [3.63, 3.8) is 0 Å². The van der Waals surface area contributed by atoms with Crippen LogP contribution in [-0.2, 0) is 15.9 Å². The van der Waals surface area contributed by atoms with Gasteiger partial charge in [0.2, 0.25) is 0 Å². The third-order valence-electron chi connectivity index (χ3n) is 1.05. The highest BCUT2D eigenvalue weighted by molar-refractivity contribution is 8.60. The van der Waals surface area contributed by atoms with Gasteiger partial charge in [-0.3, -0.25) is 0 Å². The Kier molecular flexibility index (Phi) is 3.87. The summed E-state index contributed by atoms with van der Waals surface area (Å²) in [7, 11) is 0. The van der Waals surface area contributed by atoms with Crippen molar-refractivity contribution in [3.8, 4) is 5.75 Å². The minimum absolute atomic E-state index is 0.608. The highest BCUT2D eigenvalue weighted by Crippen LogP contribution is 2.54. The van der Waals surface area contributed by atoms with Crippen LogP contribution in [0.5, 0.6) is 5.75 Å². The molecule has 12 heavy (non-hydrogen) atoms. The third kappa shape index (κ3) is 3.33. The van der Waals surface area contributed by atoms with Gasteiger partial charge in [0.15, 0.2) is 0 Å². The van der Waals surface area contributed by atoms with Gasteiger partial charge in [-0.2, -0.15) is 0 Å². The van der Waals surface area contributed by atoms with Crippen LogP contribution in [-0.4, -0.2) is 0 Å². The number of halogens is 1. The molecule has 1 aromatic rings. The topological polar surface area (TPSA) is 18.5 Å². The summed E-state index contributed by atoms with van der Waals surface area (Å²) in [6, 6.07) is 9.04. The summed E-state index contributed by atoms with van der Waals surface area (Å²) in [5, 5.41) is 0. The van der Waals surface area contributed by atoms with Gasteiger partial charge in [0.25, 0.3) is 0 Å². The lowest BCUT2D eigenvalue weighted by atomic mass is 10.3. The van der Waals surface area contributed by atoms with Gasteiger partial charge in [0, 0.05) is 0 Å². The number of thiol groups is 1. The maximum absolute atomic E-state index is 5.19. The molecule has 1 rings (SSSR count). The fourth-order valence-corrected chi connectivity index (χ4v) is 1.67. The van der Waals surface area contributed by atoms with E-state index >= 15 is 0 Å². The van der Waals surface area contributed by atoms with Gasteiger partial charge in [-0.25, -0.2) is 4.08 Å². The van der Waals surface area contributed by atoms with Crippen LogP contribution in [0.3, 0.4) is 0 Å². The predicted octanol–water partition coefficient (Wildman–Crippen LogP) is 3.39. The first kappa shape index (κ1) is 10.4. The number of benzene rings is 1. The van der Waals surface area contributed by atoms with Crippen molar-refractivity contribution in [1.82, 2.24) is 0 Å². The first-order chi connectivity index (χ1) is 5.64. The molecule has 0 bridgehead atoms. The summed E-state index contributed by atoms with van der Waals surface area (Å²) in [5.41, 5.74) is -2.60. The number of hydrogen-bond acceptors (Lipinski definition) is 3. The molecule has 1 unspecified atom stereocenters. The monoisotopic (exact) mass is 240 g/mol. The standard InChI is InChI=1S/C6H6ClO2PS2/c7-9-10(11,12)8-6-4-2-1-3-5-6/h1-5H,(H,11,12). The van der Waals surface area contributed by atoms with Gasteiger partial charge >= 0.3 is 5.69 Å². The molecule has 0 heterocycles. The Labute approximate surface area is 86.3 Å². The van der Waals surface area contributed by atoms with Crippen LogP contribution >= 0.6 is 29.8 Å². The van der Waals surface area contributed by atoms with Crippen molar-refractivity contribution >= 4 is 41.6 Å². The van der Waals surface area contributed by atoms with E-state index in [1.165, 1.54) is 0 Å². The van der Waals surface area contributed by atoms with Crippen molar-refractivity contribution in [2.75, 3.05) is 0 Å². The number of para-hydroxylation sites is 1. The van der Waals surface area contributed by atoms with E-state index in [9.17, 15) is 0 Å². The SMILES string of the molecule is S=P(S)(OCl)Oc1ccccc1. The summed E-state index contributed by atoms with van der Waals surface area (Å²) in [4.78, 5) is 0. The summed E-state index contributed by atoms with van der Waals surface area (Å²) < 4.78 is 9.57. The normalized spacial score (nSPS) is 15.2. The molecule has 0 aliphatic rings. The molecular formula is C6H6ClO2PS2. The summed E-state index contributed by atoms with van der Waals surface area (Å²) >= 11 is 13.9. The zero-order chi connectivity index (χ0) is 9.03. The quantitative estimate of drug-likeness (QED) is 0.645. The lowest BCUT2D eigenvalue weighted by Gasteiger charge is -2.12. The fourth-order valence-electron chi connectivity index (χ4n) is 0.629. The summed E-state index contributed by atoms with van der Waals surface area (Å²) in [6.45, 7) is 0. The highest BCUT2D eigenvalue weighted by atomic mass is 35.5. The molecule has 0 aromatic heterocycles. The molecule has 66 valence electrons. The van der Waals surface area contributed by atoms with Crippen LogP contribution in [0.15, 0.2) is 30.3 Å². The minimum atomic E-state index is -2.60. The molecule has 0 saturated carbocycles. The summed E-state index contributed by atoms with van der Waals surface area (Å²) in [6.07, 6.45) is 0. The molecule has 0 N–H and O–H groups in total. The van der Waals surface area contributed by atoms with Crippen LogP contribution in [0.4, 0.5) is 0 Å². The Hall–Kier alpha value is 0.270. The molecule has 0 amide bonds. The second-order valence-corrected chi connectivity index (χ2v) is 7.45. The molecule has 1 aromatic carbocycles. The molecular weight excluding hydrogens is 235 g/mol. The van der Waals surface area contributed by atoms with Crippen LogP contribution < -0.4 is 4.52 Å². The summed E-state index contributed by atoms with van der Waals surface area (Å²) in [5.74, 6) is 0.608. The van der Waals surface area contributed by atoms with E-state index < -0.39 is 5.69 Å². The Bertz CT molecular complexity index is 293. The molecule has 2 nitrogen and oxygen atoms in total. The Balaban J connectivity index is 2.71. The van der Waals surface area contributed by atoms with Gasteiger partial charge in [-0.05, 0) is 23.9 Å². The van der Waals surface area contributed by atoms with E-state index in [1.807, 2.05) is 18.2 Å². The predicted molar refractivity (Wildman–Crippen MR) is 57.3 cm³/mol. The second-order valence-electron chi connectivity index (χ2n) is 1.94. The van der Waals surface area contributed by atoms with Crippen molar-refractivity contribution in [1.29, 1.82) is 0 Å². The molecule has 1 atom stereocenters. The Morgan fingerprint density at radius 3 is 2.42 bits per heavy atom. The van der Waals surface area contributed by atoms with E-state index in [4.69, 9.17) is 28.2 Å². The van der Waals surface area contributed by atoms with E-state index in [2.05, 4.69) is 16.3 Å². The maximum atomic E-state index is 5.19. The molecule has 0 aliphatic heterocycles. The van der Waals surface area contributed by atoms with Crippen LogP contribution in [0.1, 0.15) is 0 Å². The smallest absolute Gasteiger partial charge is 0.311 e. The fraction of sp³-hybridized carbons (Fsp3) is 0. The average Bonchev–Trinajstić information content (AvgIpc) is 2.06. The molecule has 6 heteroatoms. The van der Waals surface area contributed by atoms with E-state index in [0.717, 1.165) is 0 Å². The van der Waals surface area contributed by atoms with Gasteiger partial charge in [-0.1, -0.05) is 30.4 Å². The van der Waals surface area contributed by atoms with Crippen molar-refractivity contribution in [2.24, 2.45) is 0 Å². The lowest BCUT2D eigenvalue weighted by molar-refractivity contribution is 0.533. The van der Waals surface area contributed by atoms with Crippen molar-refractivity contribution < 1.29 is 8.60 Å². The Morgan fingerprint density at radius 2 is 1.92 bits per heavy atom. The van der Waals surface area contributed by atoms with E-state index in [1.54, 1.807) is 12.1 Å². The largest absolute Gasteiger partial charge is 0.436 e. The Morgan fingerprint density at radius 1 is 1.33 bits per heavy atom. The number of hydrogen-bond donors (Lipinski definition) is 1. The van der Waals surface area contributed by atoms with Gasteiger partial charge in [0.1, 0.15) is 5.75 Å². The second kappa shape index (κ2) is 4.49. The lowest BCUT2D eigenvalue weighted by Crippen LogP contribution is -1.84. The van der Waals surface area contributed by atoms with Crippen molar-refractivity contribution in [2.45, 2.75) is 0 Å². The number of rotatable bonds is 3. The van der Waals surface area contributed by atoms with Crippen LogP contribution in [0, 0.1) is 0 Å². The van der Waals surface area contributed by atoms with E-state index in [0.29, 0.717) is 5.75 Å². The molecule has 0 aliphatic carbocycles.